The van der Waals surface area contributed by atoms with Gasteiger partial charge in [-0.3, -0.25) is 4.79 Å². The normalized spacial score (nSPS) is 26.1. The molecular formula is C16H28N2O2. The second-order valence-electron chi connectivity index (χ2n) is 6.89. The number of hydrogen-bond acceptors (Lipinski definition) is 3. The van der Waals surface area contributed by atoms with Crippen LogP contribution in [0.5, 0.6) is 0 Å². The predicted octanol–water partition coefficient (Wildman–Crippen LogP) is 1.94. The predicted molar refractivity (Wildman–Crippen MR) is 78.5 cm³/mol. The topological polar surface area (TPSA) is 41.6 Å². The van der Waals surface area contributed by atoms with Crippen molar-refractivity contribution in [2.24, 2.45) is 5.92 Å². The second-order valence-corrected chi connectivity index (χ2v) is 6.89. The minimum atomic E-state index is -0.127. The summed E-state index contributed by atoms with van der Waals surface area (Å²) in [6.07, 6.45) is 8.76. The van der Waals surface area contributed by atoms with Gasteiger partial charge in [-0.15, -0.1) is 0 Å². The molecule has 0 unspecified atom stereocenters. The molecule has 2 saturated carbocycles. The Balaban J connectivity index is 1.56. The van der Waals surface area contributed by atoms with Gasteiger partial charge in [0.05, 0.1) is 12.0 Å². The fourth-order valence-corrected chi connectivity index (χ4v) is 3.58. The van der Waals surface area contributed by atoms with Crippen molar-refractivity contribution < 1.29 is 9.53 Å². The van der Waals surface area contributed by atoms with E-state index in [1.165, 1.54) is 32.1 Å². The van der Waals surface area contributed by atoms with Gasteiger partial charge in [0.1, 0.15) is 0 Å². The maximum atomic E-state index is 12.7. The summed E-state index contributed by atoms with van der Waals surface area (Å²) in [5, 5.41) is 3.40. The van der Waals surface area contributed by atoms with Crippen molar-refractivity contribution >= 4 is 5.91 Å². The second kappa shape index (κ2) is 6.02. The number of nitrogens with zero attached hydrogens (tertiary/aromatic N) is 1. The first-order valence-corrected chi connectivity index (χ1v) is 8.28. The summed E-state index contributed by atoms with van der Waals surface area (Å²) in [7, 11) is 1.76. The Bertz CT molecular complexity index is 339. The van der Waals surface area contributed by atoms with Crippen LogP contribution in [0.15, 0.2) is 0 Å². The molecule has 1 saturated heterocycles. The number of carbonyl (C=O) groups excluding carboxylic acids is 1. The molecule has 4 heteroatoms. The Morgan fingerprint density at radius 3 is 2.45 bits per heavy atom. The van der Waals surface area contributed by atoms with Crippen LogP contribution in [-0.4, -0.2) is 49.2 Å². The van der Waals surface area contributed by atoms with Gasteiger partial charge >= 0.3 is 0 Å². The molecule has 2 aliphatic carbocycles. The van der Waals surface area contributed by atoms with E-state index in [2.05, 4.69) is 10.2 Å². The number of piperidine rings is 1. The van der Waals surface area contributed by atoms with Gasteiger partial charge < -0.3 is 15.0 Å². The van der Waals surface area contributed by atoms with E-state index in [0.29, 0.717) is 24.3 Å². The number of rotatable bonds is 6. The summed E-state index contributed by atoms with van der Waals surface area (Å²) in [4.78, 5) is 14.9. The zero-order valence-electron chi connectivity index (χ0n) is 12.7. The molecule has 1 amide bonds. The van der Waals surface area contributed by atoms with E-state index in [9.17, 15) is 4.79 Å². The van der Waals surface area contributed by atoms with Crippen molar-refractivity contribution in [3.63, 3.8) is 0 Å². The first-order valence-electron chi connectivity index (χ1n) is 8.28. The maximum absolute atomic E-state index is 12.7. The van der Waals surface area contributed by atoms with Crippen molar-refractivity contribution in [1.82, 2.24) is 10.2 Å². The number of nitrogens with one attached hydrogen (secondary N) is 1. The van der Waals surface area contributed by atoms with Crippen LogP contribution < -0.4 is 5.32 Å². The molecule has 0 bridgehead atoms. The summed E-state index contributed by atoms with van der Waals surface area (Å²) in [5.74, 6) is 1.04. The number of amides is 1. The van der Waals surface area contributed by atoms with E-state index in [1.807, 2.05) is 0 Å². The summed E-state index contributed by atoms with van der Waals surface area (Å²) in [5.41, 5.74) is -0.127. The molecule has 20 heavy (non-hydrogen) atoms. The van der Waals surface area contributed by atoms with Gasteiger partial charge in [-0.2, -0.15) is 0 Å². The average molecular weight is 280 g/mol. The summed E-state index contributed by atoms with van der Waals surface area (Å²) < 4.78 is 5.63. The Hall–Kier alpha value is -0.610. The van der Waals surface area contributed by atoms with Crippen molar-refractivity contribution in [1.29, 1.82) is 0 Å². The van der Waals surface area contributed by atoms with Gasteiger partial charge in [0, 0.05) is 19.7 Å². The van der Waals surface area contributed by atoms with E-state index in [1.54, 1.807) is 7.11 Å². The quantitative estimate of drug-likeness (QED) is 0.808. The molecule has 1 N–H and O–H groups in total. The maximum Gasteiger partial charge on any atom is 0.225 e. The van der Waals surface area contributed by atoms with Crippen LogP contribution in [0, 0.1) is 5.92 Å². The van der Waals surface area contributed by atoms with E-state index in [0.717, 1.165) is 32.5 Å². The van der Waals surface area contributed by atoms with E-state index >= 15 is 0 Å². The summed E-state index contributed by atoms with van der Waals surface area (Å²) in [6.45, 7) is 3.20. The van der Waals surface area contributed by atoms with Gasteiger partial charge in [-0.25, -0.2) is 0 Å². The van der Waals surface area contributed by atoms with Gasteiger partial charge in [-0.1, -0.05) is 0 Å². The highest BCUT2D eigenvalue weighted by atomic mass is 16.5. The lowest BCUT2D eigenvalue weighted by Crippen LogP contribution is -2.47. The molecule has 0 aromatic rings. The highest BCUT2D eigenvalue weighted by Crippen LogP contribution is 2.39. The molecule has 0 radical (unpaired) electrons. The smallest absolute Gasteiger partial charge is 0.225 e. The molecule has 0 atom stereocenters. The highest BCUT2D eigenvalue weighted by Gasteiger charge is 2.42. The lowest BCUT2D eigenvalue weighted by Gasteiger charge is -2.41. The SMILES string of the molecule is COC1(CC(=O)N(CC2CCNCC2)C2CC2)CCC1. The fraction of sp³-hybridized carbons (Fsp3) is 0.938. The van der Waals surface area contributed by atoms with E-state index in [-0.39, 0.29) is 5.60 Å². The average Bonchev–Trinajstić information content (AvgIpc) is 3.25. The number of carbonyl (C=O) groups is 1. The third kappa shape index (κ3) is 3.17. The zero-order chi connectivity index (χ0) is 14.0. The Labute approximate surface area is 122 Å². The van der Waals surface area contributed by atoms with Crippen LogP contribution in [0.1, 0.15) is 51.4 Å². The number of methoxy groups -OCH3 is 1. The van der Waals surface area contributed by atoms with Crippen LogP contribution in [0.25, 0.3) is 0 Å². The molecule has 1 aliphatic heterocycles. The zero-order valence-corrected chi connectivity index (χ0v) is 12.7. The van der Waals surface area contributed by atoms with Crippen molar-refractivity contribution in [3.8, 4) is 0 Å². The Morgan fingerprint density at radius 2 is 1.95 bits per heavy atom. The van der Waals surface area contributed by atoms with Gasteiger partial charge in [0.2, 0.25) is 5.91 Å². The third-order valence-corrected chi connectivity index (χ3v) is 5.39. The monoisotopic (exact) mass is 280 g/mol. The van der Waals surface area contributed by atoms with Gasteiger partial charge in [-0.05, 0) is 64.0 Å². The lowest BCUT2D eigenvalue weighted by atomic mass is 9.77. The molecule has 3 fully saturated rings. The molecule has 0 spiro atoms. The third-order valence-electron chi connectivity index (χ3n) is 5.39. The molecular weight excluding hydrogens is 252 g/mol. The number of hydrogen-bond donors (Lipinski definition) is 1. The standard InChI is InChI=1S/C16H28N2O2/c1-20-16(7-2-8-16)11-15(19)18(14-3-4-14)12-13-5-9-17-10-6-13/h13-14,17H,2-12H2,1H3. The minimum absolute atomic E-state index is 0.127. The van der Waals surface area contributed by atoms with Crippen LogP contribution in [0.4, 0.5) is 0 Å². The van der Waals surface area contributed by atoms with Gasteiger partial charge in [0.25, 0.3) is 0 Å². The Morgan fingerprint density at radius 1 is 1.25 bits per heavy atom. The van der Waals surface area contributed by atoms with E-state index in [4.69, 9.17) is 4.74 Å². The fourth-order valence-electron chi connectivity index (χ4n) is 3.58. The Kier molecular flexibility index (Phi) is 4.32. The van der Waals surface area contributed by atoms with Crippen LogP contribution in [0.2, 0.25) is 0 Å². The van der Waals surface area contributed by atoms with E-state index < -0.39 is 0 Å². The largest absolute Gasteiger partial charge is 0.378 e. The molecule has 3 aliphatic rings. The summed E-state index contributed by atoms with van der Waals surface area (Å²) >= 11 is 0. The molecule has 114 valence electrons. The molecule has 4 nitrogen and oxygen atoms in total. The van der Waals surface area contributed by atoms with Crippen molar-refractivity contribution in [2.45, 2.75) is 63.0 Å². The van der Waals surface area contributed by atoms with Crippen LogP contribution >= 0.6 is 0 Å². The molecule has 1 heterocycles. The van der Waals surface area contributed by atoms with Gasteiger partial charge in [0.15, 0.2) is 0 Å². The van der Waals surface area contributed by atoms with Crippen molar-refractivity contribution in [2.75, 3.05) is 26.7 Å². The van der Waals surface area contributed by atoms with Crippen LogP contribution in [0.3, 0.4) is 0 Å². The minimum Gasteiger partial charge on any atom is -0.378 e. The first-order chi connectivity index (χ1) is 9.72. The molecule has 0 aromatic carbocycles. The molecule has 3 rings (SSSR count). The summed E-state index contributed by atoms with van der Waals surface area (Å²) in [6, 6.07) is 0.534. The van der Waals surface area contributed by atoms with Crippen LogP contribution in [-0.2, 0) is 9.53 Å². The number of ether oxygens (including phenoxy) is 1. The lowest BCUT2D eigenvalue weighted by molar-refractivity contribution is -0.145. The highest BCUT2D eigenvalue weighted by molar-refractivity contribution is 5.78. The molecule has 0 aromatic heterocycles. The first kappa shape index (κ1) is 14.3. The van der Waals surface area contributed by atoms with Crippen molar-refractivity contribution in [3.05, 3.63) is 0 Å².